The van der Waals surface area contributed by atoms with Crippen molar-refractivity contribution in [3.8, 4) is 11.5 Å². The van der Waals surface area contributed by atoms with Gasteiger partial charge < -0.3 is 18.5 Å². The van der Waals surface area contributed by atoms with Crippen LogP contribution in [0.5, 0.6) is 11.5 Å². The minimum atomic E-state index is -0.815. The number of hydrogen-bond acceptors (Lipinski definition) is 4. The molecule has 24 heavy (non-hydrogen) atoms. The van der Waals surface area contributed by atoms with Crippen molar-refractivity contribution in [1.29, 1.82) is 0 Å². The first-order chi connectivity index (χ1) is 11.3. The van der Waals surface area contributed by atoms with E-state index in [2.05, 4.69) is 49.5 Å². The summed E-state index contributed by atoms with van der Waals surface area (Å²) in [4.78, 5) is 4.37. The Labute approximate surface area is 145 Å². The molecule has 0 saturated heterocycles. The van der Waals surface area contributed by atoms with Gasteiger partial charge in [0.05, 0.1) is 24.3 Å². The van der Waals surface area contributed by atoms with Crippen molar-refractivity contribution in [2.24, 2.45) is 5.41 Å². The van der Waals surface area contributed by atoms with Crippen LogP contribution < -0.4 is 9.47 Å². The number of benzene rings is 1. The van der Waals surface area contributed by atoms with Crippen LogP contribution in [0.3, 0.4) is 0 Å². The van der Waals surface area contributed by atoms with E-state index in [9.17, 15) is 0 Å². The van der Waals surface area contributed by atoms with Crippen molar-refractivity contribution in [1.82, 2.24) is 9.55 Å². The average Bonchev–Trinajstić information content (AvgIpc) is 3.12. The molecule has 1 aromatic carbocycles. The molecule has 1 aliphatic rings. The van der Waals surface area contributed by atoms with Gasteiger partial charge in [-0.3, -0.25) is 0 Å². The van der Waals surface area contributed by atoms with Crippen molar-refractivity contribution in [3.63, 3.8) is 0 Å². The molecule has 2 heterocycles. The summed E-state index contributed by atoms with van der Waals surface area (Å²) in [6.45, 7) is 12.0. The smallest absolute Gasteiger partial charge is 0.231 e. The molecule has 1 aromatic heterocycles. The van der Waals surface area contributed by atoms with Crippen molar-refractivity contribution in [2.45, 2.75) is 46.5 Å². The molecule has 1 unspecified atom stereocenters. The Bertz CT molecular complexity index is 707. The Hall–Kier alpha value is -1.79. The molecule has 0 fully saturated rings. The third-order valence-corrected chi connectivity index (χ3v) is 4.65. The highest BCUT2D eigenvalue weighted by Crippen LogP contribution is 2.37. The summed E-state index contributed by atoms with van der Waals surface area (Å²) in [7, 11) is -0.815. The molecule has 0 N–H and O–H groups in total. The molecule has 0 aliphatic carbocycles. The summed E-state index contributed by atoms with van der Waals surface area (Å²) in [5.74, 6) is 1.62. The SMILES string of the molecule is C[Si](C)OC(c1cncn1Cc1ccc2c(c1)OCO2)C(C)(C)C. The van der Waals surface area contributed by atoms with Crippen LogP contribution in [0.15, 0.2) is 30.7 Å². The Kier molecular flexibility index (Phi) is 4.69. The number of hydrogen-bond donors (Lipinski definition) is 0. The van der Waals surface area contributed by atoms with E-state index in [1.807, 2.05) is 24.7 Å². The minimum absolute atomic E-state index is 0.00854. The summed E-state index contributed by atoms with van der Waals surface area (Å²) in [5.41, 5.74) is 2.28. The maximum Gasteiger partial charge on any atom is 0.231 e. The van der Waals surface area contributed by atoms with Gasteiger partial charge in [-0.2, -0.15) is 0 Å². The van der Waals surface area contributed by atoms with Gasteiger partial charge in [0.1, 0.15) is 0 Å². The average molecular weight is 345 g/mol. The first-order valence-electron chi connectivity index (χ1n) is 8.20. The second-order valence-corrected chi connectivity index (χ2v) is 9.46. The molecule has 1 radical (unpaired) electrons. The highest BCUT2D eigenvalue weighted by molar-refractivity contribution is 6.48. The normalized spacial score (nSPS) is 15.1. The van der Waals surface area contributed by atoms with Gasteiger partial charge in [-0.15, -0.1) is 0 Å². The molecule has 0 saturated carbocycles. The highest BCUT2D eigenvalue weighted by atomic mass is 28.3. The van der Waals surface area contributed by atoms with Gasteiger partial charge >= 0.3 is 0 Å². The number of imidazole rings is 1. The molecule has 0 bridgehead atoms. The largest absolute Gasteiger partial charge is 0.454 e. The van der Waals surface area contributed by atoms with Gasteiger partial charge in [0, 0.05) is 6.54 Å². The van der Waals surface area contributed by atoms with Crippen molar-refractivity contribution in [3.05, 3.63) is 42.0 Å². The van der Waals surface area contributed by atoms with Gasteiger partial charge in [-0.25, -0.2) is 4.98 Å². The lowest BCUT2D eigenvalue weighted by Gasteiger charge is -2.33. The van der Waals surface area contributed by atoms with E-state index in [4.69, 9.17) is 13.9 Å². The van der Waals surface area contributed by atoms with Gasteiger partial charge in [-0.1, -0.05) is 26.8 Å². The van der Waals surface area contributed by atoms with Crippen LogP contribution in [0, 0.1) is 5.41 Å². The fourth-order valence-corrected chi connectivity index (χ4v) is 3.78. The molecule has 1 atom stereocenters. The van der Waals surface area contributed by atoms with Crippen molar-refractivity contribution in [2.75, 3.05) is 6.79 Å². The van der Waals surface area contributed by atoms with Crippen LogP contribution in [0.25, 0.3) is 0 Å². The Morgan fingerprint density at radius 3 is 2.71 bits per heavy atom. The molecular formula is C18H25N2O3Si. The van der Waals surface area contributed by atoms with Gasteiger partial charge in [-0.05, 0) is 36.2 Å². The lowest BCUT2D eigenvalue weighted by Crippen LogP contribution is -2.28. The maximum atomic E-state index is 6.31. The predicted molar refractivity (Wildman–Crippen MR) is 94.7 cm³/mol. The molecule has 1 aliphatic heterocycles. The maximum absolute atomic E-state index is 6.31. The zero-order chi connectivity index (χ0) is 17.3. The van der Waals surface area contributed by atoms with E-state index in [0.717, 1.165) is 29.3 Å². The monoisotopic (exact) mass is 345 g/mol. The lowest BCUT2D eigenvalue weighted by atomic mass is 9.87. The summed E-state index contributed by atoms with van der Waals surface area (Å²) in [6.07, 6.45) is 3.82. The molecule has 3 rings (SSSR count). The summed E-state index contributed by atoms with van der Waals surface area (Å²) >= 11 is 0. The highest BCUT2D eigenvalue weighted by Gasteiger charge is 2.30. The van der Waals surface area contributed by atoms with Gasteiger partial charge in [0.25, 0.3) is 0 Å². The van der Waals surface area contributed by atoms with Crippen molar-refractivity contribution < 1.29 is 13.9 Å². The van der Waals surface area contributed by atoms with Crippen LogP contribution in [-0.2, 0) is 11.0 Å². The van der Waals surface area contributed by atoms with Crippen LogP contribution in [0.4, 0.5) is 0 Å². The Balaban J connectivity index is 1.86. The molecule has 2 aromatic rings. The molecule has 5 nitrogen and oxygen atoms in total. The third-order valence-electron chi connectivity index (χ3n) is 3.94. The van der Waals surface area contributed by atoms with E-state index in [1.165, 1.54) is 0 Å². The number of fused-ring (bicyclic) bond motifs is 1. The fourth-order valence-electron chi connectivity index (χ4n) is 2.83. The minimum Gasteiger partial charge on any atom is -0.454 e. The van der Waals surface area contributed by atoms with E-state index in [0.29, 0.717) is 6.79 Å². The van der Waals surface area contributed by atoms with E-state index in [1.54, 1.807) is 0 Å². The number of ether oxygens (including phenoxy) is 2. The number of aromatic nitrogens is 2. The quantitative estimate of drug-likeness (QED) is 0.768. The summed E-state index contributed by atoms with van der Waals surface area (Å²) in [6, 6.07) is 6.07. The van der Waals surface area contributed by atoms with E-state index >= 15 is 0 Å². The molecule has 6 heteroatoms. The zero-order valence-corrected chi connectivity index (χ0v) is 16.0. The predicted octanol–water partition coefficient (Wildman–Crippen LogP) is 4.02. The second kappa shape index (κ2) is 6.61. The zero-order valence-electron chi connectivity index (χ0n) is 15.0. The van der Waals surface area contributed by atoms with Gasteiger partial charge in [0.2, 0.25) is 15.8 Å². The van der Waals surface area contributed by atoms with Crippen LogP contribution in [0.2, 0.25) is 13.1 Å². The standard InChI is InChI=1S/C18H25N2O3Si/c1-18(2,3)17(23-24(4)5)14-9-19-11-20(14)10-13-6-7-15-16(8-13)22-12-21-15/h6-9,11,17H,10,12H2,1-5H3. The van der Waals surface area contributed by atoms with E-state index in [-0.39, 0.29) is 11.5 Å². The first kappa shape index (κ1) is 17.0. The van der Waals surface area contributed by atoms with Crippen LogP contribution in [0.1, 0.15) is 38.1 Å². The topological polar surface area (TPSA) is 45.5 Å². The molecule has 0 amide bonds. The van der Waals surface area contributed by atoms with Gasteiger partial charge in [0.15, 0.2) is 11.5 Å². The Morgan fingerprint density at radius 2 is 2.00 bits per heavy atom. The summed E-state index contributed by atoms with van der Waals surface area (Å²) < 4.78 is 19.3. The number of rotatable bonds is 5. The third kappa shape index (κ3) is 3.65. The molecule has 0 spiro atoms. The fraction of sp³-hybridized carbons (Fsp3) is 0.500. The summed E-state index contributed by atoms with van der Waals surface area (Å²) in [5, 5.41) is 0. The number of nitrogens with zero attached hydrogens (tertiary/aromatic N) is 2. The Morgan fingerprint density at radius 1 is 1.25 bits per heavy atom. The lowest BCUT2D eigenvalue weighted by molar-refractivity contribution is 0.0796. The second-order valence-electron chi connectivity index (χ2n) is 7.41. The van der Waals surface area contributed by atoms with E-state index < -0.39 is 9.04 Å². The van der Waals surface area contributed by atoms with Crippen LogP contribution in [-0.4, -0.2) is 25.4 Å². The van der Waals surface area contributed by atoms with Crippen molar-refractivity contribution >= 4 is 9.04 Å². The molecular weight excluding hydrogens is 320 g/mol. The molecule has 129 valence electrons. The first-order valence-corrected chi connectivity index (χ1v) is 10.6. The van der Waals surface area contributed by atoms with Crippen LogP contribution >= 0.6 is 0 Å².